The molecule has 0 saturated carbocycles. The van der Waals surface area contributed by atoms with Crippen LogP contribution >= 0.6 is 0 Å². The van der Waals surface area contributed by atoms with Crippen molar-refractivity contribution in [2.24, 2.45) is 0 Å². The first-order chi connectivity index (χ1) is 18.0. The van der Waals surface area contributed by atoms with Gasteiger partial charge in [0.1, 0.15) is 5.69 Å². The van der Waals surface area contributed by atoms with Crippen LogP contribution < -0.4 is 5.69 Å². The third kappa shape index (κ3) is 5.58. The Labute approximate surface area is 213 Å². The molecule has 0 aliphatic heterocycles. The molecule has 0 amide bonds. The third-order valence-electron chi connectivity index (χ3n) is 6.39. The molecular weight excluding hydrogens is 478 g/mol. The van der Waals surface area contributed by atoms with Crippen LogP contribution in [-0.4, -0.2) is 35.7 Å². The molecular formula is C27H30F2N6O2. The number of imidazole rings is 1. The van der Waals surface area contributed by atoms with Gasteiger partial charge in [0.2, 0.25) is 5.91 Å². The van der Waals surface area contributed by atoms with E-state index in [-0.39, 0.29) is 18.7 Å². The average Bonchev–Trinajstić information content (AvgIpc) is 3.54. The fourth-order valence-corrected chi connectivity index (χ4v) is 4.47. The summed E-state index contributed by atoms with van der Waals surface area (Å²) in [5, 5.41) is 14.1. The molecule has 0 saturated heterocycles. The normalized spacial score (nSPS) is 11.4. The van der Waals surface area contributed by atoms with E-state index < -0.39 is 23.7 Å². The molecule has 0 atom stereocenters. The van der Waals surface area contributed by atoms with Gasteiger partial charge in [-0.05, 0) is 46.4 Å². The maximum absolute atomic E-state index is 14.2. The van der Waals surface area contributed by atoms with E-state index in [4.69, 9.17) is 0 Å². The van der Waals surface area contributed by atoms with Crippen LogP contribution in [0.1, 0.15) is 74.1 Å². The third-order valence-corrected chi connectivity index (χ3v) is 6.39. The molecule has 2 heterocycles. The molecule has 194 valence electrons. The number of unbranched alkanes of at least 4 members (excludes halogenated alkanes) is 2. The second-order valence-electron chi connectivity index (χ2n) is 8.93. The number of halogens is 2. The maximum Gasteiger partial charge on any atom is 0.335 e. The highest BCUT2D eigenvalue weighted by molar-refractivity contribution is 5.80. The lowest BCUT2D eigenvalue weighted by Gasteiger charge is -2.11. The average molecular weight is 509 g/mol. The van der Waals surface area contributed by atoms with Gasteiger partial charge in [-0.2, -0.15) is 0 Å². The van der Waals surface area contributed by atoms with Crippen LogP contribution in [0.5, 0.6) is 0 Å². The zero-order valence-corrected chi connectivity index (χ0v) is 21.0. The first kappa shape index (κ1) is 26.1. The van der Waals surface area contributed by atoms with Crippen molar-refractivity contribution in [2.75, 3.05) is 0 Å². The summed E-state index contributed by atoms with van der Waals surface area (Å²) in [5.41, 5.74) is 2.50. The minimum Gasteiger partial charge on any atom is -0.291 e. The Bertz CT molecular complexity index is 1390. The van der Waals surface area contributed by atoms with Gasteiger partial charge < -0.3 is 0 Å². The SMILES string of the molecule is CCCCC(=O)n1c(C(F)F)c(CCCC)n(Cc2ccc(-c3ccccc3-c3nnn[nH]3)cc2)c1=O. The summed E-state index contributed by atoms with van der Waals surface area (Å²) in [5.74, 6) is -0.0343. The number of tetrazole rings is 1. The highest BCUT2D eigenvalue weighted by Gasteiger charge is 2.29. The quantitative estimate of drug-likeness (QED) is 0.282. The van der Waals surface area contributed by atoms with Crippen molar-refractivity contribution in [3.8, 4) is 22.5 Å². The first-order valence-corrected chi connectivity index (χ1v) is 12.5. The van der Waals surface area contributed by atoms with E-state index in [1.807, 2.05) is 62.4 Å². The Hall–Kier alpha value is -3.95. The first-order valence-electron chi connectivity index (χ1n) is 12.5. The summed E-state index contributed by atoms with van der Waals surface area (Å²) in [6.45, 7) is 3.96. The van der Waals surface area contributed by atoms with Gasteiger partial charge in [0.15, 0.2) is 5.82 Å². The zero-order valence-electron chi connectivity index (χ0n) is 21.0. The van der Waals surface area contributed by atoms with Crippen molar-refractivity contribution in [3.05, 3.63) is 76.0 Å². The van der Waals surface area contributed by atoms with Crippen molar-refractivity contribution < 1.29 is 13.6 Å². The lowest BCUT2D eigenvalue weighted by molar-refractivity contribution is 0.0854. The van der Waals surface area contributed by atoms with Gasteiger partial charge in [-0.1, -0.05) is 75.2 Å². The van der Waals surface area contributed by atoms with E-state index in [9.17, 15) is 18.4 Å². The van der Waals surface area contributed by atoms with Gasteiger partial charge >= 0.3 is 5.69 Å². The number of benzene rings is 2. The lowest BCUT2D eigenvalue weighted by Crippen LogP contribution is -2.30. The van der Waals surface area contributed by atoms with Crippen molar-refractivity contribution in [2.45, 2.75) is 65.3 Å². The summed E-state index contributed by atoms with van der Waals surface area (Å²) in [4.78, 5) is 26.1. The predicted octanol–water partition coefficient (Wildman–Crippen LogP) is 5.66. The number of H-pyrrole nitrogens is 1. The number of hydrogen-bond donors (Lipinski definition) is 1. The molecule has 0 unspecified atom stereocenters. The fraction of sp³-hybridized carbons (Fsp3) is 0.370. The Morgan fingerprint density at radius 2 is 1.70 bits per heavy atom. The Morgan fingerprint density at radius 3 is 2.32 bits per heavy atom. The zero-order chi connectivity index (χ0) is 26.4. The number of alkyl halides is 2. The second-order valence-corrected chi connectivity index (χ2v) is 8.93. The van der Waals surface area contributed by atoms with Gasteiger partial charge in [0.05, 0.1) is 6.54 Å². The van der Waals surface area contributed by atoms with E-state index in [0.29, 0.717) is 29.7 Å². The van der Waals surface area contributed by atoms with E-state index in [2.05, 4.69) is 20.6 Å². The summed E-state index contributed by atoms with van der Waals surface area (Å²) >= 11 is 0. The number of carbonyl (C=O) groups is 1. The molecule has 0 radical (unpaired) electrons. The highest BCUT2D eigenvalue weighted by Crippen LogP contribution is 2.30. The number of nitrogens with zero attached hydrogens (tertiary/aromatic N) is 5. The molecule has 2 aromatic carbocycles. The molecule has 4 rings (SSSR count). The minimum atomic E-state index is -2.92. The molecule has 4 aromatic rings. The molecule has 0 bridgehead atoms. The van der Waals surface area contributed by atoms with Crippen LogP contribution in [-0.2, 0) is 13.0 Å². The standard InChI is InChI=1S/C27H30F2N6O2/c1-3-5-11-22-24(25(28)29)35(23(36)12-6-4-2)27(37)34(22)17-18-13-15-19(16-14-18)20-9-7-8-10-21(20)26-30-32-33-31-26/h7-10,13-16,25H,3-6,11-12,17H2,1-2H3,(H,30,31,32,33). The van der Waals surface area contributed by atoms with E-state index >= 15 is 0 Å². The van der Waals surface area contributed by atoms with Gasteiger partial charge in [-0.25, -0.2) is 23.2 Å². The summed E-state index contributed by atoms with van der Waals surface area (Å²) < 4.78 is 30.4. The summed E-state index contributed by atoms with van der Waals surface area (Å²) in [6, 6.07) is 15.2. The molecule has 0 aliphatic carbocycles. The molecule has 0 spiro atoms. The Morgan fingerprint density at radius 1 is 1.00 bits per heavy atom. The van der Waals surface area contributed by atoms with Crippen molar-refractivity contribution in [1.82, 2.24) is 29.8 Å². The smallest absolute Gasteiger partial charge is 0.291 e. The van der Waals surface area contributed by atoms with Crippen LogP contribution in [0.3, 0.4) is 0 Å². The topological polar surface area (TPSA) is 98.5 Å². The molecule has 8 nitrogen and oxygen atoms in total. The minimum absolute atomic E-state index is 0.0577. The van der Waals surface area contributed by atoms with E-state index in [1.54, 1.807) is 0 Å². The van der Waals surface area contributed by atoms with Crippen LogP contribution in [0.2, 0.25) is 0 Å². The van der Waals surface area contributed by atoms with Crippen molar-refractivity contribution in [3.63, 3.8) is 0 Å². The van der Waals surface area contributed by atoms with E-state index in [1.165, 1.54) is 4.57 Å². The van der Waals surface area contributed by atoms with Crippen LogP contribution in [0, 0.1) is 0 Å². The number of nitrogens with one attached hydrogen (secondary N) is 1. The number of rotatable bonds is 11. The second kappa shape index (κ2) is 11.9. The Balaban J connectivity index is 1.70. The van der Waals surface area contributed by atoms with Gasteiger partial charge in [-0.3, -0.25) is 9.36 Å². The highest BCUT2D eigenvalue weighted by atomic mass is 19.3. The van der Waals surface area contributed by atoms with Crippen LogP contribution in [0.4, 0.5) is 8.78 Å². The van der Waals surface area contributed by atoms with Gasteiger partial charge in [0, 0.05) is 17.7 Å². The summed E-state index contributed by atoms with van der Waals surface area (Å²) in [6.07, 6.45) is 0.125. The molecule has 0 fully saturated rings. The molecule has 0 aliphatic rings. The molecule has 10 heteroatoms. The fourth-order valence-electron chi connectivity index (χ4n) is 4.47. The Kier molecular flexibility index (Phi) is 8.37. The van der Waals surface area contributed by atoms with Gasteiger partial charge in [0.25, 0.3) is 6.43 Å². The van der Waals surface area contributed by atoms with E-state index in [0.717, 1.165) is 35.1 Å². The lowest BCUT2D eigenvalue weighted by atomic mass is 9.98. The molecule has 37 heavy (non-hydrogen) atoms. The van der Waals surface area contributed by atoms with Crippen LogP contribution in [0.25, 0.3) is 22.5 Å². The molecule has 1 N–H and O–H groups in total. The van der Waals surface area contributed by atoms with Crippen molar-refractivity contribution >= 4 is 5.91 Å². The van der Waals surface area contributed by atoms with Crippen LogP contribution in [0.15, 0.2) is 53.3 Å². The predicted molar refractivity (Wildman–Crippen MR) is 137 cm³/mol. The monoisotopic (exact) mass is 508 g/mol. The number of hydrogen-bond acceptors (Lipinski definition) is 5. The van der Waals surface area contributed by atoms with Crippen molar-refractivity contribution in [1.29, 1.82) is 0 Å². The number of aromatic nitrogens is 6. The largest absolute Gasteiger partial charge is 0.335 e. The molecule has 2 aromatic heterocycles. The van der Waals surface area contributed by atoms with Gasteiger partial charge in [-0.15, -0.1) is 5.10 Å². The maximum atomic E-state index is 14.2. The number of carbonyl (C=O) groups excluding carboxylic acids is 1. The number of aromatic amines is 1. The summed E-state index contributed by atoms with van der Waals surface area (Å²) in [7, 11) is 0.